The molecule has 0 amide bonds. The summed E-state index contributed by atoms with van der Waals surface area (Å²) in [5.41, 5.74) is 5.86. The SMILES string of the molecule is C.C.C.C.CC1(C)c2ccccc2-c2ccccc21. The van der Waals surface area contributed by atoms with E-state index in [1.807, 2.05) is 0 Å². The van der Waals surface area contributed by atoms with Crippen molar-refractivity contribution in [3.05, 3.63) is 59.7 Å². The van der Waals surface area contributed by atoms with Crippen molar-refractivity contribution in [2.24, 2.45) is 0 Å². The third-order valence-corrected chi connectivity index (χ3v) is 3.49. The topological polar surface area (TPSA) is 0 Å². The first-order chi connectivity index (χ1) is 7.21. The van der Waals surface area contributed by atoms with Gasteiger partial charge in [-0.15, -0.1) is 0 Å². The van der Waals surface area contributed by atoms with Crippen LogP contribution in [0.5, 0.6) is 0 Å². The van der Waals surface area contributed by atoms with E-state index < -0.39 is 0 Å². The molecule has 0 saturated heterocycles. The fourth-order valence-corrected chi connectivity index (χ4v) is 2.67. The zero-order chi connectivity index (χ0) is 10.5. The molecule has 2 aromatic carbocycles. The van der Waals surface area contributed by atoms with Gasteiger partial charge in [0.25, 0.3) is 0 Å². The minimum atomic E-state index is 0. The Hall–Kier alpha value is -1.56. The molecule has 1 aliphatic rings. The predicted molar refractivity (Wildman–Crippen MR) is 90.9 cm³/mol. The van der Waals surface area contributed by atoms with E-state index in [1.54, 1.807) is 0 Å². The summed E-state index contributed by atoms with van der Waals surface area (Å²) in [7, 11) is 0. The van der Waals surface area contributed by atoms with Gasteiger partial charge in [-0.2, -0.15) is 0 Å². The Morgan fingerprint density at radius 1 is 0.579 bits per heavy atom. The van der Waals surface area contributed by atoms with Crippen LogP contribution < -0.4 is 0 Å². The molecule has 0 nitrogen and oxygen atoms in total. The lowest BCUT2D eigenvalue weighted by molar-refractivity contribution is 0.660. The predicted octanol–water partition coefficient (Wildman–Crippen LogP) is 6.54. The Bertz CT molecular complexity index is 474. The lowest BCUT2D eigenvalue weighted by Crippen LogP contribution is -2.14. The molecule has 0 bridgehead atoms. The number of fused-ring (bicyclic) bond motifs is 3. The zero-order valence-corrected chi connectivity index (χ0v) is 9.12. The second-order valence-corrected chi connectivity index (χ2v) is 4.72. The van der Waals surface area contributed by atoms with E-state index in [0.29, 0.717) is 0 Å². The van der Waals surface area contributed by atoms with E-state index in [2.05, 4.69) is 62.4 Å². The highest BCUT2D eigenvalue weighted by atomic mass is 14.4. The molecule has 0 saturated carbocycles. The maximum atomic E-state index is 2.30. The average molecular weight is 258 g/mol. The van der Waals surface area contributed by atoms with Crippen LogP contribution in [0.25, 0.3) is 11.1 Å². The molecule has 0 atom stereocenters. The first-order valence-corrected chi connectivity index (χ1v) is 5.40. The molecular formula is C19H30. The highest BCUT2D eigenvalue weighted by Crippen LogP contribution is 2.47. The van der Waals surface area contributed by atoms with Gasteiger partial charge in [-0.25, -0.2) is 0 Å². The third kappa shape index (κ3) is 2.58. The van der Waals surface area contributed by atoms with Crippen LogP contribution in [-0.4, -0.2) is 0 Å². The molecule has 2 aromatic rings. The zero-order valence-electron chi connectivity index (χ0n) is 9.12. The van der Waals surface area contributed by atoms with Crippen LogP contribution in [0.3, 0.4) is 0 Å². The average Bonchev–Trinajstić information content (AvgIpc) is 2.51. The van der Waals surface area contributed by atoms with Crippen molar-refractivity contribution in [1.82, 2.24) is 0 Å². The molecule has 106 valence electrons. The number of benzene rings is 2. The van der Waals surface area contributed by atoms with Crippen LogP contribution in [-0.2, 0) is 5.41 Å². The van der Waals surface area contributed by atoms with Crippen molar-refractivity contribution < 1.29 is 0 Å². The molecule has 19 heavy (non-hydrogen) atoms. The van der Waals surface area contributed by atoms with Gasteiger partial charge in [0.2, 0.25) is 0 Å². The first kappa shape index (κ1) is 19.8. The Balaban J connectivity index is 0. The van der Waals surface area contributed by atoms with Crippen molar-refractivity contribution >= 4 is 0 Å². The molecule has 0 unspecified atom stereocenters. The van der Waals surface area contributed by atoms with E-state index in [9.17, 15) is 0 Å². The molecule has 0 fully saturated rings. The third-order valence-electron chi connectivity index (χ3n) is 3.49. The fraction of sp³-hybridized carbons (Fsp3) is 0.368. The Morgan fingerprint density at radius 2 is 0.895 bits per heavy atom. The standard InChI is InChI=1S/C15H14.4CH4/c1-15(2)13-9-5-3-7-11(13)12-8-4-6-10-14(12)15;;;;/h3-10H,1-2H3;4*1H4. The largest absolute Gasteiger partial charge is 0.0776 e. The second-order valence-electron chi connectivity index (χ2n) is 4.72. The summed E-state index contributed by atoms with van der Waals surface area (Å²) in [4.78, 5) is 0. The molecule has 3 rings (SSSR count). The van der Waals surface area contributed by atoms with Crippen molar-refractivity contribution in [1.29, 1.82) is 0 Å². The van der Waals surface area contributed by atoms with Gasteiger partial charge < -0.3 is 0 Å². The normalized spacial score (nSPS) is 12.5. The van der Waals surface area contributed by atoms with Crippen molar-refractivity contribution in [2.45, 2.75) is 49.0 Å². The molecule has 0 aliphatic heterocycles. The summed E-state index contributed by atoms with van der Waals surface area (Å²) in [5, 5.41) is 0. The molecule has 0 aromatic heterocycles. The summed E-state index contributed by atoms with van der Waals surface area (Å²) >= 11 is 0. The van der Waals surface area contributed by atoms with Crippen LogP contribution in [0.2, 0.25) is 0 Å². The maximum Gasteiger partial charge on any atom is 0.0158 e. The molecule has 1 aliphatic carbocycles. The monoisotopic (exact) mass is 258 g/mol. The lowest BCUT2D eigenvalue weighted by Gasteiger charge is -2.20. The van der Waals surface area contributed by atoms with Gasteiger partial charge in [-0.3, -0.25) is 0 Å². The first-order valence-electron chi connectivity index (χ1n) is 5.40. The molecule has 0 heterocycles. The van der Waals surface area contributed by atoms with Crippen LogP contribution in [0, 0.1) is 0 Å². The molecular weight excluding hydrogens is 228 g/mol. The quantitative estimate of drug-likeness (QED) is 0.503. The van der Waals surface area contributed by atoms with Gasteiger partial charge >= 0.3 is 0 Å². The molecule has 0 radical (unpaired) electrons. The highest BCUT2D eigenvalue weighted by Gasteiger charge is 2.34. The summed E-state index contributed by atoms with van der Waals surface area (Å²) < 4.78 is 0. The van der Waals surface area contributed by atoms with E-state index >= 15 is 0 Å². The summed E-state index contributed by atoms with van der Waals surface area (Å²) in [6, 6.07) is 17.4. The summed E-state index contributed by atoms with van der Waals surface area (Å²) in [5.74, 6) is 0. The number of rotatable bonds is 0. The van der Waals surface area contributed by atoms with Gasteiger partial charge in [0.1, 0.15) is 0 Å². The Kier molecular flexibility index (Phi) is 6.83. The van der Waals surface area contributed by atoms with Crippen molar-refractivity contribution in [3.63, 3.8) is 0 Å². The Morgan fingerprint density at radius 3 is 1.26 bits per heavy atom. The number of hydrogen-bond donors (Lipinski definition) is 0. The van der Waals surface area contributed by atoms with E-state index in [4.69, 9.17) is 0 Å². The van der Waals surface area contributed by atoms with Crippen LogP contribution in [0.15, 0.2) is 48.5 Å². The number of hydrogen-bond acceptors (Lipinski definition) is 0. The maximum absolute atomic E-state index is 2.30. The van der Waals surface area contributed by atoms with Gasteiger partial charge in [0.15, 0.2) is 0 Å². The molecule has 0 heteroatoms. The summed E-state index contributed by atoms with van der Waals surface area (Å²) in [6.45, 7) is 4.61. The van der Waals surface area contributed by atoms with Crippen LogP contribution >= 0.6 is 0 Å². The second kappa shape index (κ2) is 6.56. The van der Waals surface area contributed by atoms with Gasteiger partial charge in [-0.1, -0.05) is 92.1 Å². The highest BCUT2D eigenvalue weighted by molar-refractivity contribution is 5.80. The van der Waals surface area contributed by atoms with Crippen LogP contribution in [0.1, 0.15) is 54.7 Å². The van der Waals surface area contributed by atoms with Crippen molar-refractivity contribution in [2.75, 3.05) is 0 Å². The Labute approximate surface area is 120 Å². The van der Waals surface area contributed by atoms with E-state index in [0.717, 1.165) is 0 Å². The molecule has 0 N–H and O–H groups in total. The lowest BCUT2D eigenvalue weighted by atomic mass is 9.82. The van der Waals surface area contributed by atoms with Gasteiger partial charge in [0.05, 0.1) is 0 Å². The van der Waals surface area contributed by atoms with E-state index in [-0.39, 0.29) is 35.1 Å². The van der Waals surface area contributed by atoms with Gasteiger partial charge in [0, 0.05) is 5.41 Å². The van der Waals surface area contributed by atoms with Gasteiger partial charge in [-0.05, 0) is 22.3 Å². The van der Waals surface area contributed by atoms with Crippen molar-refractivity contribution in [3.8, 4) is 11.1 Å². The summed E-state index contributed by atoms with van der Waals surface area (Å²) in [6.07, 6.45) is 0. The van der Waals surface area contributed by atoms with E-state index in [1.165, 1.54) is 22.3 Å². The minimum absolute atomic E-state index is 0. The smallest absolute Gasteiger partial charge is 0.0158 e. The van der Waals surface area contributed by atoms with Crippen LogP contribution in [0.4, 0.5) is 0 Å². The fourth-order valence-electron chi connectivity index (χ4n) is 2.67. The minimum Gasteiger partial charge on any atom is -0.0776 e. The molecule has 0 spiro atoms.